The van der Waals surface area contributed by atoms with Crippen LogP contribution >= 0.6 is 15.9 Å². The number of carboxylic acid groups (broad SMARTS) is 1. The van der Waals surface area contributed by atoms with Crippen LogP contribution < -0.4 is 10.1 Å². The number of nitrogens with one attached hydrogen (secondary N) is 1. The Bertz CT molecular complexity index is 546. The molecule has 0 saturated carbocycles. The van der Waals surface area contributed by atoms with E-state index in [1.165, 1.54) is 25.9 Å². The van der Waals surface area contributed by atoms with Crippen molar-refractivity contribution in [3.63, 3.8) is 0 Å². The van der Waals surface area contributed by atoms with Crippen molar-refractivity contribution in [2.45, 2.75) is 26.3 Å². The largest absolute Gasteiger partial charge is 0.497 e. The maximum absolute atomic E-state index is 12.3. The molecule has 0 aromatic heterocycles. The average molecular weight is 359 g/mol. The van der Waals surface area contributed by atoms with Gasteiger partial charge in [-0.1, -0.05) is 0 Å². The van der Waals surface area contributed by atoms with Crippen molar-refractivity contribution >= 4 is 33.6 Å². The molecule has 0 bridgehead atoms. The fraction of sp³-hybridized carbons (Fsp3) is 0.429. The Labute approximate surface area is 132 Å². The van der Waals surface area contributed by atoms with Gasteiger partial charge in [-0.3, -0.25) is 0 Å². The zero-order chi connectivity index (χ0) is 16.2. The quantitative estimate of drug-likeness (QED) is 0.846. The lowest BCUT2D eigenvalue weighted by atomic mass is 10.0. The van der Waals surface area contributed by atoms with Gasteiger partial charge < -0.3 is 20.1 Å². The van der Waals surface area contributed by atoms with Crippen LogP contribution in [0.15, 0.2) is 22.7 Å². The number of aliphatic carboxylic acids is 1. The third kappa shape index (κ3) is 3.87. The van der Waals surface area contributed by atoms with Crippen LogP contribution in [-0.4, -0.2) is 41.2 Å². The Kier molecular flexibility index (Phi) is 5.60. The molecule has 0 unspecified atom stereocenters. The first-order valence-corrected chi connectivity index (χ1v) is 7.18. The van der Waals surface area contributed by atoms with Gasteiger partial charge in [0.1, 0.15) is 11.3 Å². The summed E-state index contributed by atoms with van der Waals surface area (Å²) in [6.07, 6.45) is 0. The number of carboxylic acids is 1. The summed E-state index contributed by atoms with van der Waals surface area (Å²) < 4.78 is 5.79. The van der Waals surface area contributed by atoms with Crippen LogP contribution in [-0.2, 0) is 4.79 Å². The van der Waals surface area contributed by atoms with Crippen molar-refractivity contribution in [2.24, 2.45) is 0 Å². The average Bonchev–Trinajstić information content (AvgIpc) is 2.41. The lowest BCUT2D eigenvalue weighted by Crippen LogP contribution is -2.54. The molecule has 0 saturated heterocycles. The Morgan fingerprint density at radius 2 is 2.05 bits per heavy atom. The first kappa shape index (κ1) is 17.3. The Morgan fingerprint density at radius 1 is 1.43 bits per heavy atom. The number of hydrogen-bond donors (Lipinski definition) is 2. The zero-order valence-electron chi connectivity index (χ0n) is 12.4. The summed E-state index contributed by atoms with van der Waals surface area (Å²) in [4.78, 5) is 24.9. The van der Waals surface area contributed by atoms with Gasteiger partial charge in [-0.2, -0.15) is 0 Å². The minimum absolute atomic E-state index is 0.271. The fourth-order valence-electron chi connectivity index (χ4n) is 1.82. The number of hydrogen-bond acceptors (Lipinski definition) is 3. The van der Waals surface area contributed by atoms with Crippen molar-refractivity contribution < 1.29 is 19.4 Å². The van der Waals surface area contributed by atoms with Crippen molar-refractivity contribution in [1.82, 2.24) is 4.90 Å². The number of benzene rings is 1. The molecule has 2 N–H and O–H groups in total. The number of ether oxygens (including phenoxy) is 1. The van der Waals surface area contributed by atoms with E-state index in [0.29, 0.717) is 15.9 Å². The van der Waals surface area contributed by atoms with Crippen LogP contribution in [0.4, 0.5) is 10.5 Å². The molecule has 0 spiro atoms. The molecule has 7 heteroatoms. The molecule has 1 rings (SSSR count). The third-order valence-electron chi connectivity index (χ3n) is 3.17. The topological polar surface area (TPSA) is 78.9 Å². The van der Waals surface area contributed by atoms with E-state index in [9.17, 15) is 14.7 Å². The number of urea groups is 1. The number of nitrogens with zero attached hydrogens (tertiary/aromatic N) is 1. The minimum atomic E-state index is -1.30. The van der Waals surface area contributed by atoms with Gasteiger partial charge in [-0.25, -0.2) is 9.59 Å². The third-order valence-corrected chi connectivity index (χ3v) is 3.87. The molecule has 116 valence electrons. The number of halogens is 1. The number of carbonyl (C=O) groups is 2. The van der Waals surface area contributed by atoms with Crippen molar-refractivity contribution in [1.29, 1.82) is 0 Å². The van der Waals surface area contributed by atoms with Crippen molar-refractivity contribution in [3.05, 3.63) is 22.7 Å². The zero-order valence-corrected chi connectivity index (χ0v) is 14.0. The minimum Gasteiger partial charge on any atom is -0.497 e. The van der Waals surface area contributed by atoms with E-state index in [2.05, 4.69) is 21.2 Å². The normalized spacial score (nSPS) is 10.9. The number of methoxy groups -OCH3 is 1. The molecule has 0 heterocycles. The van der Waals surface area contributed by atoms with Gasteiger partial charge in [-0.05, 0) is 48.8 Å². The highest BCUT2D eigenvalue weighted by Gasteiger charge is 2.37. The van der Waals surface area contributed by atoms with Gasteiger partial charge in [0.2, 0.25) is 0 Å². The monoisotopic (exact) mass is 358 g/mol. The highest BCUT2D eigenvalue weighted by Crippen LogP contribution is 2.28. The first-order chi connectivity index (χ1) is 9.73. The second-order valence-electron chi connectivity index (χ2n) is 4.88. The standard InChI is InChI=1S/C14H19BrN2O4/c1-5-17(14(2,3)12(18)19)13(20)16-11-8-9(21-4)6-7-10(11)15/h6-8H,5H2,1-4H3,(H,16,20)(H,18,19). The van der Waals surface area contributed by atoms with Crippen LogP contribution in [0.3, 0.4) is 0 Å². The maximum Gasteiger partial charge on any atom is 0.329 e. The lowest BCUT2D eigenvalue weighted by Gasteiger charge is -2.34. The number of amides is 2. The van der Waals surface area contributed by atoms with E-state index in [4.69, 9.17) is 4.74 Å². The van der Waals surface area contributed by atoms with Crippen LogP contribution in [0.5, 0.6) is 5.75 Å². The van der Waals surface area contributed by atoms with Crippen LogP contribution in [0, 0.1) is 0 Å². The van der Waals surface area contributed by atoms with Crippen molar-refractivity contribution in [2.75, 3.05) is 19.0 Å². The summed E-state index contributed by atoms with van der Waals surface area (Å²) in [5.74, 6) is -0.474. The molecule has 0 aliphatic heterocycles. The molecule has 21 heavy (non-hydrogen) atoms. The van der Waals surface area contributed by atoms with Gasteiger partial charge in [-0.15, -0.1) is 0 Å². The fourth-order valence-corrected chi connectivity index (χ4v) is 2.16. The molecule has 0 aliphatic rings. The van der Waals surface area contributed by atoms with E-state index in [-0.39, 0.29) is 6.54 Å². The maximum atomic E-state index is 12.3. The molecule has 0 atom stereocenters. The van der Waals surface area contributed by atoms with Crippen LogP contribution in [0.1, 0.15) is 20.8 Å². The summed E-state index contributed by atoms with van der Waals surface area (Å²) in [5.41, 5.74) is -0.788. The second kappa shape index (κ2) is 6.80. The van der Waals surface area contributed by atoms with Crippen molar-refractivity contribution in [3.8, 4) is 5.75 Å². The molecular formula is C14H19BrN2O4. The SMILES string of the molecule is CCN(C(=O)Nc1cc(OC)ccc1Br)C(C)(C)C(=O)O. The second-order valence-corrected chi connectivity index (χ2v) is 5.74. The summed E-state index contributed by atoms with van der Waals surface area (Å²) in [6, 6.07) is 4.66. The molecular weight excluding hydrogens is 340 g/mol. The Morgan fingerprint density at radius 3 is 2.52 bits per heavy atom. The summed E-state index contributed by atoms with van der Waals surface area (Å²) >= 11 is 3.33. The van der Waals surface area contributed by atoms with Gasteiger partial charge in [0.05, 0.1) is 12.8 Å². The lowest BCUT2D eigenvalue weighted by molar-refractivity contribution is -0.147. The van der Waals surface area contributed by atoms with Gasteiger partial charge >= 0.3 is 12.0 Å². The van der Waals surface area contributed by atoms with Gasteiger partial charge in [0, 0.05) is 17.1 Å². The number of anilines is 1. The predicted octanol–water partition coefficient (Wildman–Crippen LogP) is 3.17. The van der Waals surface area contributed by atoms with E-state index < -0.39 is 17.5 Å². The molecule has 0 fully saturated rings. The molecule has 0 radical (unpaired) electrons. The Hall–Kier alpha value is -1.76. The first-order valence-electron chi connectivity index (χ1n) is 6.39. The Balaban J connectivity index is 3.01. The van der Waals surface area contributed by atoms with Crippen LogP contribution in [0.2, 0.25) is 0 Å². The summed E-state index contributed by atoms with van der Waals surface area (Å²) in [7, 11) is 1.53. The molecule has 1 aromatic carbocycles. The highest BCUT2D eigenvalue weighted by atomic mass is 79.9. The molecule has 2 amide bonds. The molecule has 1 aromatic rings. The summed E-state index contributed by atoms with van der Waals surface area (Å²) in [5, 5.41) is 11.9. The van der Waals surface area contributed by atoms with Gasteiger partial charge in [0.15, 0.2) is 0 Å². The van der Waals surface area contributed by atoms with E-state index in [1.54, 1.807) is 25.1 Å². The number of carbonyl (C=O) groups excluding carboxylic acids is 1. The number of rotatable bonds is 5. The van der Waals surface area contributed by atoms with E-state index >= 15 is 0 Å². The van der Waals surface area contributed by atoms with E-state index in [0.717, 1.165) is 0 Å². The molecule has 0 aliphatic carbocycles. The smallest absolute Gasteiger partial charge is 0.329 e. The van der Waals surface area contributed by atoms with Gasteiger partial charge in [0.25, 0.3) is 0 Å². The molecule has 6 nitrogen and oxygen atoms in total. The predicted molar refractivity (Wildman–Crippen MR) is 83.8 cm³/mol. The number of likely N-dealkylation sites (N-methyl/N-ethyl adjacent to an activating group) is 1. The summed E-state index contributed by atoms with van der Waals surface area (Å²) in [6.45, 7) is 4.97. The highest BCUT2D eigenvalue weighted by molar-refractivity contribution is 9.10. The van der Waals surface area contributed by atoms with Crippen LogP contribution in [0.25, 0.3) is 0 Å². The van der Waals surface area contributed by atoms with E-state index in [1.807, 2.05) is 0 Å².